The highest BCUT2D eigenvalue weighted by molar-refractivity contribution is 5.89. The Bertz CT molecular complexity index is 1050. The molecule has 0 aromatic heterocycles. The zero-order valence-corrected chi connectivity index (χ0v) is 16.3. The van der Waals surface area contributed by atoms with Gasteiger partial charge in [-0.2, -0.15) is 0 Å². The second-order valence-electron chi connectivity index (χ2n) is 7.00. The predicted octanol–water partition coefficient (Wildman–Crippen LogP) is 5.51. The Kier molecular flexibility index (Phi) is 5.57. The van der Waals surface area contributed by atoms with E-state index >= 15 is 0 Å². The average Bonchev–Trinajstić information content (AvgIpc) is 2.78. The highest BCUT2D eigenvalue weighted by Crippen LogP contribution is 2.27. The monoisotopic (exact) mass is 381 g/mol. The number of carbonyl (C=O) groups excluding carboxylic acids is 1. The van der Waals surface area contributed by atoms with Gasteiger partial charge in [0.15, 0.2) is 6.10 Å². The molecule has 3 nitrogen and oxygen atoms in total. The molecule has 0 radical (unpaired) electrons. The molecule has 1 amide bonds. The Morgan fingerprint density at radius 2 is 1.28 bits per heavy atom. The zero-order valence-electron chi connectivity index (χ0n) is 16.3. The standard InChI is InChI=1S/C26H23NO2/c1-19(29-24-18-10-16-20-11-8-9-17-23(20)24)26(28)27-25(21-12-4-2-5-13-21)22-14-6-3-7-15-22/h2-19,25H,1H3,(H,27,28)/t19-/m1/s1. The molecule has 0 aliphatic heterocycles. The lowest BCUT2D eigenvalue weighted by molar-refractivity contribution is -0.127. The SMILES string of the molecule is C[C@@H](Oc1cccc2ccccc12)C(=O)NC(c1ccccc1)c1ccccc1. The van der Waals surface area contributed by atoms with Crippen LogP contribution in [0.1, 0.15) is 24.1 Å². The van der Waals surface area contributed by atoms with Gasteiger partial charge in [0, 0.05) is 5.39 Å². The van der Waals surface area contributed by atoms with Crippen LogP contribution in [0, 0.1) is 0 Å². The van der Waals surface area contributed by atoms with Crippen LogP contribution in [-0.4, -0.2) is 12.0 Å². The molecule has 4 aromatic rings. The maximum absolute atomic E-state index is 13.0. The van der Waals surface area contributed by atoms with Crippen molar-refractivity contribution in [2.75, 3.05) is 0 Å². The van der Waals surface area contributed by atoms with Gasteiger partial charge in [-0.1, -0.05) is 97.1 Å². The number of rotatable bonds is 6. The van der Waals surface area contributed by atoms with E-state index in [4.69, 9.17) is 4.74 Å². The number of hydrogen-bond acceptors (Lipinski definition) is 2. The summed E-state index contributed by atoms with van der Waals surface area (Å²) in [5.41, 5.74) is 2.06. The molecule has 0 aliphatic rings. The highest BCUT2D eigenvalue weighted by atomic mass is 16.5. The number of carbonyl (C=O) groups is 1. The van der Waals surface area contributed by atoms with E-state index in [9.17, 15) is 4.79 Å². The lowest BCUT2D eigenvalue weighted by Gasteiger charge is -2.23. The topological polar surface area (TPSA) is 38.3 Å². The van der Waals surface area contributed by atoms with Gasteiger partial charge in [0.05, 0.1) is 6.04 Å². The van der Waals surface area contributed by atoms with Crippen molar-refractivity contribution in [1.82, 2.24) is 5.32 Å². The minimum absolute atomic E-state index is 0.157. The van der Waals surface area contributed by atoms with Crippen molar-refractivity contribution < 1.29 is 9.53 Å². The normalized spacial score (nSPS) is 11.9. The van der Waals surface area contributed by atoms with E-state index in [-0.39, 0.29) is 11.9 Å². The van der Waals surface area contributed by atoms with E-state index in [1.165, 1.54) is 0 Å². The predicted molar refractivity (Wildman–Crippen MR) is 117 cm³/mol. The van der Waals surface area contributed by atoms with Crippen LogP contribution in [-0.2, 0) is 4.79 Å². The van der Waals surface area contributed by atoms with E-state index < -0.39 is 6.10 Å². The minimum Gasteiger partial charge on any atom is -0.480 e. The molecule has 4 aromatic carbocycles. The summed E-state index contributed by atoms with van der Waals surface area (Å²) in [7, 11) is 0. The summed E-state index contributed by atoms with van der Waals surface area (Å²) in [4.78, 5) is 13.0. The van der Waals surface area contributed by atoms with E-state index in [0.29, 0.717) is 5.75 Å². The summed E-state index contributed by atoms with van der Waals surface area (Å²) in [6, 6.07) is 33.6. The minimum atomic E-state index is -0.629. The molecule has 0 bridgehead atoms. The van der Waals surface area contributed by atoms with Crippen LogP contribution in [0.2, 0.25) is 0 Å². The largest absolute Gasteiger partial charge is 0.480 e. The van der Waals surface area contributed by atoms with Crippen molar-refractivity contribution in [2.24, 2.45) is 0 Å². The van der Waals surface area contributed by atoms with Crippen LogP contribution in [0.5, 0.6) is 5.75 Å². The Morgan fingerprint density at radius 1 is 0.724 bits per heavy atom. The Hall–Kier alpha value is -3.59. The van der Waals surface area contributed by atoms with Gasteiger partial charge in [-0.15, -0.1) is 0 Å². The summed E-state index contributed by atoms with van der Waals surface area (Å²) >= 11 is 0. The lowest BCUT2D eigenvalue weighted by atomic mass is 9.98. The fraction of sp³-hybridized carbons (Fsp3) is 0.115. The van der Waals surface area contributed by atoms with Crippen molar-refractivity contribution in [3.05, 3.63) is 114 Å². The molecule has 1 N–H and O–H groups in total. The fourth-order valence-corrected chi connectivity index (χ4v) is 3.45. The lowest BCUT2D eigenvalue weighted by Crippen LogP contribution is -2.39. The molecule has 0 saturated carbocycles. The van der Waals surface area contributed by atoms with Gasteiger partial charge in [-0.25, -0.2) is 0 Å². The maximum Gasteiger partial charge on any atom is 0.261 e. The Morgan fingerprint density at radius 3 is 1.93 bits per heavy atom. The van der Waals surface area contributed by atoms with Crippen LogP contribution < -0.4 is 10.1 Å². The second-order valence-corrected chi connectivity index (χ2v) is 7.00. The van der Waals surface area contributed by atoms with Crippen molar-refractivity contribution in [1.29, 1.82) is 0 Å². The second kappa shape index (κ2) is 8.61. The molecular weight excluding hydrogens is 358 g/mol. The third-order valence-corrected chi connectivity index (χ3v) is 4.98. The molecule has 4 rings (SSSR count). The molecule has 0 saturated heterocycles. The van der Waals surface area contributed by atoms with Crippen molar-refractivity contribution in [3.8, 4) is 5.75 Å². The molecule has 0 aliphatic carbocycles. The molecule has 29 heavy (non-hydrogen) atoms. The number of hydrogen-bond donors (Lipinski definition) is 1. The molecule has 0 spiro atoms. The summed E-state index contributed by atoms with van der Waals surface area (Å²) in [5, 5.41) is 5.24. The first-order chi connectivity index (χ1) is 14.2. The summed E-state index contributed by atoms with van der Waals surface area (Å²) in [6.45, 7) is 1.78. The van der Waals surface area contributed by atoms with Crippen molar-refractivity contribution >= 4 is 16.7 Å². The number of benzene rings is 4. The summed E-state index contributed by atoms with van der Waals surface area (Å²) in [5.74, 6) is 0.553. The first kappa shape index (κ1) is 18.8. The smallest absolute Gasteiger partial charge is 0.261 e. The van der Waals surface area contributed by atoms with E-state index in [1.807, 2.05) is 103 Å². The number of nitrogens with one attached hydrogen (secondary N) is 1. The van der Waals surface area contributed by atoms with Crippen LogP contribution in [0.4, 0.5) is 0 Å². The van der Waals surface area contributed by atoms with E-state index in [0.717, 1.165) is 21.9 Å². The summed E-state index contributed by atoms with van der Waals surface area (Å²) < 4.78 is 6.05. The number of ether oxygens (including phenoxy) is 1. The van der Waals surface area contributed by atoms with Gasteiger partial charge < -0.3 is 10.1 Å². The maximum atomic E-state index is 13.0. The highest BCUT2D eigenvalue weighted by Gasteiger charge is 2.22. The van der Waals surface area contributed by atoms with Crippen molar-refractivity contribution in [3.63, 3.8) is 0 Å². The van der Waals surface area contributed by atoms with Gasteiger partial charge in [-0.05, 0) is 29.5 Å². The average molecular weight is 381 g/mol. The fourth-order valence-electron chi connectivity index (χ4n) is 3.45. The van der Waals surface area contributed by atoms with Crippen LogP contribution in [0.25, 0.3) is 10.8 Å². The van der Waals surface area contributed by atoms with Crippen molar-refractivity contribution in [2.45, 2.75) is 19.1 Å². The van der Waals surface area contributed by atoms with Crippen LogP contribution >= 0.6 is 0 Å². The third kappa shape index (κ3) is 4.30. The van der Waals surface area contributed by atoms with Gasteiger partial charge in [-0.3, -0.25) is 4.79 Å². The molecule has 0 fully saturated rings. The third-order valence-electron chi connectivity index (χ3n) is 4.98. The first-order valence-electron chi connectivity index (χ1n) is 9.77. The van der Waals surface area contributed by atoms with Gasteiger partial charge >= 0.3 is 0 Å². The molecule has 1 atom stereocenters. The van der Waals surface area contributed by atoms with E-state index in [2.05, 4.69) is 5.32 Å². The molecule has 144 valence electrons. The number of amides is 1. The van der Waals surface area contributed by atoms with Crippen LogP contribution in [0.3, 0.4) is 0 Å². The van der Waals surface area contributed by atoms with E-state index in [1.54, 1.807) is 6.92 Å². The molecular formula is C26H23NO2. The number of fused-ring (bicyclic) bond motifs is 1. The van der Waals surface area contributed by atoms with Crippen LogP contribution in [0.15, 0.2) is 103 Å². The quantitative estimate of drug-likeness (QED) is 0.478. The Labute approximate surface area is 171 Å². The molecule has 0 heterocycles. The van der Waals surface area contributed by atoms with Gasteiger partial charge in [0.2, 0.25) is 0 Å². The van der Waals surface area contributed by atoms with Gasteiger partial charge in [0.1, 0.15) is 5.75 Å². The zero-order chi connectivity index (χ0) is 20.1. The Balaban J connectivity index is 1.56. The van der Waals surface area contributed by atoms with Gasteiger partial charge in [0.25, 0.3) is 5.91 Å². The molecule has 3 heteroatoms. The summed E-state index contributed by atoms with van der Waals surface area (Å²) in [6.07, 6.45) is -0.629. The molecule has 0 unspecified atom stereocenters. The first-order valence-corrected chi connectivity index (χ1v) is 9.77.